The third-order valence-corrected chi connectivity index (χ3v) is 6.47. The monoisotopic (exact) mass is 439 g/mol. The predicted molar refractivity (Wildman–Crippen MR) is 124 cm³/mol. The van der Waals surface area contributed by atoms with Crippen LogP contribution in [0, 0.1) is 6.92 Å². The van der Waals surface area contributed by atoms with Gasteiger partial charge in [0.25, 0.3) is 5.91 Å². The fourth-order valence-electron chi connectivity index (χ4n) is 3.67. The van der Waals surface area contributed by atoms with E-state index in [1.807, 2.05) is 67.3 Å². The fourth-order valence-corrected chi connectivity index (χ4v) is 4.62. The first-order valence-corrected chi connectivity index (χ1v) is 11.4. The molecule has 1 saturated heterocycles. The van der Waals surface area contributed by atoms with Gasteiger partial charge >= 0.3 is 0 Å². The largest absolute Gasteiger partial charge is 0.349 e. The maximum absolute atomic E-state index is 12.9. The summed E-state index contributed by atoms with van der Waals surface area (Å²) in [7, 11) is 0. The molecule has 1 aliphatic rings. The van der Waals surface area contributed by atoms with Crippen molar-refractivity contribution in [1.29, 1.82) is 0 Å². The van der Waals surface area contributed by atoms with Crippen LogP contribution in [-0.2, 0) is 9.59 Å². The lowest BCUT2D eigenvalue weighted by Gasteiger charge is -2.34. The normalized spacial score (nSPS) is 15.3. The summed E-state index contributed by atoms with van der Waals surface area (Å²) in [5, 5.41) is 5.64. The average molecular weight is 440 g/mol. The van der Waals surface area contributed by atoms with Crippen molar-refractivity contribution in [2.45, 2.75) is 49.8 Å². The lowest BCUT2D eigenvalue weighted by molar-refractivity contribution is -0.131. The first kappa shape index (κ1) is 22.9. The van der Waals surface area contributed by atoms with E-state index in [-0.39, 0.29) is 29.0 Å². The van der Waals surface area contributed by atoms with Gasteiger partial charge in [-0.15, -0.1) is 11.8 Å². The van der Waals surface area contributed by atoms with Gasteiger partial charge in [-0.25, -0.2) is 0 Å². The Morgan fingerprint density at radius 2 is 1.68 bits per heavy atom. The summed E-state index contributed by atoms with van der Waals surface area (Å²) in [4.78, 5) is 39.4. The number of carbonyl (C=O) groups is 3. The van der Waals surface area contributed by atoms with Crippen molar-refractivity contribution in [1.82, 2.24) is 10.2 Å². The molecule has 1 aliphatic heterocycles. The number of piperidine rings is 1. The third-order valence-electron chi connectivity index (χ3n) is 5.37. The molecule has 7 heteroatoms. The molecule has 0 aliphatic carbocycles. The number of rotatable bonds is 6. The van der Waals surface area contributed by atoms with Crippen LogP contribution in [0.1, 0.15) is 42.6 Å². The summed E-state index contributed by atoms with van der Waals surface area (Å²) in [6, 6.07) is 15.1. The van der Waals surface area contributed by atoms with Gasteiger partial charge in [0.05, 0.1) is 5.25 Å². The van der Waals surface area contributed by atoms with Crippen LogP contribution in [-0.4, -0.2) is 47.0 Å². The van der Waals surface area contributed by atoms with E-state index >= 15 is 0 Å². The van der Waals surface area contributed by atoms with Gasteiger partial charge in [-0.2, -0.15) is 0 Å². The van der Waals surface area contributed by atoms with E-state index < -0.39 is 0 Å². The molecular weight excluding hydrogens is 410 g/mol. The van der Waals surface area contributed by atoms with E-state index in [1.165, 1.54) is 18.7 Å². The van der Waals surface area contributed by atoms with Crippen LogP contribution in [0.5, 0.6) is 0 Å². The van der Waals surface area contributed by atoms with Crippen LogP contribution in [0.25, 0.3) is 0 Å². The van der Waals surface area contributed by atoms with Gasteiger partial charge in [-0.1, -0.05) is 18.2 Å². The predicted octanol–water partition coefficient (Wildman–Crippen LogP) is 3.86. The summed E-state index contributed by atoms with van der Waals surface area (Å²) >= 11 is 1.51. The van der Waals surface area contributed by atoms with Crippen LogP contribution in [0.3, 0.4) is 0 Å². The highest BCUT2D eigenvalue weighted by atomic mass is 32.2. The van der Waals surface area contributed by atoms with E-state index in [2.05, 4.69) is 10.6 Å². The maximum atomic E-state index is 12.9. The number of anilines is 1. The van der Waals surface area contributed by atoms with Gasteiger partial charge in [0.15, 0.2) is 0 Å². The smallest absolute Gasteiger partial charge is 0.251 e. The molecule has 2 aromatic rings. The van der Waals surface area contributed by atoms with Crippen molar-refractivity contribution in [3.05, 3.63) is 59.7 Å². The number of carbonyl (C=O) groups excluding carboxylic acids is 3. The SMILES string of the molecule is CC(=O)Nc1ccc(SC(C)C(=O)N2CCC(NC(=O)c3ccccc3C)CC2)cc1. The summed E-state index contributed by atoms with van der Waals surface area (Å²) in [6.07, 6.45) is 1.51. The molecule has 3 rings (SSSR count). The minimum atomic E-state index is -0.204. The number of aryl methyl sites for hydroxylation is 1. The quantitative estimate of drug-likeness (QED) is 0.670. The molecule has 1 heterocycles. The minimum absolute atomic E-state index is 0.0468. The van der Waals surface area contributed by atoms with Gasteiger partial charge in [-0.05, 0) is 62.6 Å². The average Bonchev–Trinajstić information content (AvgIpc) is 2.75. The van der Waals surface area contributed by atoms with Gasteiger partial charge in [0.2, 0.25) is 11.8 Å². The van der Waals surface area contributed by atoms with Crippen LogP contribution >= 0.6 is 11.8 Å². The number of likely N-dealkylation sites (tertiary alicyclic amines) is 1. The van der Waals surface area contributed by atoms with E-state index in [0.717, 1.165) is 29.0 Å². The Labute approximate surface area is 187 Å². The molecule has 0 spiro atoms. The Balaban J connectivity index is 1.47. The molecule has 0 bridgehead atoms. The zero-order valence-corrected chi connectivity index (χ0v) is 19.0. The molecule has 0 radical (unpaired) electrons. The maximum Gasteiger partial charge on any atom is 0.251 e. The van der Waals surface area contributed by atoms with E-state index in [9.17, 15) is 14.4 Å². The van der Waals surface area contributed by atoms with Gasteiger partial charge in [-0.3, -0.25) is 14.4 Å². The topological polar surface area (TPSA) is 78.5 Å². The highest BCUT2D eigenvalue weighted by molar-refractivity contribution is 8.00. The summed E-state index contributed by atoms with van der Waals surface area (Å²) in [5.41, 5.74) is 2.41. The van der Waals surface area contributed by atoms with Crippen molar-refractivity contribution in [2.75, 3.05) is 18.4 Å². The second kappa shape index (κ2) is 10.5. The molecule has 1 atom stereocenters. The molecule has 164 valence electrons. The second-order valence-corrected chi connectivity index (χ2v) is 9.27. The van der Waals surface area contributed by atoms with Crippen LogP contribution in [0.4, 0.5) is 5.69 Å². The standard InChI is InChI=1S/C24H29N3O3S/c1-16-6-4-5-7-22(16)23(29)26-20-12-14-27(15-13-20)24(30)17(2)31-21-10-8-19(9-11-21)25-18(3)28/h4-11,17,20H,12-15H2,1-3H3,(H,25,28)(H,26,29). The molecule has 1 fully saturated rings. The molecule has 2 N–H and O–H groups in total. The Kier molecular flexibility index (Phi) is 7.74. The molecule has 6 nitrogen and oxygen atoms in total. The highest BCUT2D eigenvalue weighted by Gasteiger charge is 2.27. The molecule has 0 saturated carbocycles. The highest BCUT2D eigenvalue weighted by Crippen LogP contribution is 2.27. The molecular formula is C24H29N3O3S. The van der Waals surface area contributed by atoms with Gasteiger partial charge in [0.1, 0.15) is 0 Å². The minimum Gasteiger partial charge on any atom is -0.349 e. The zero-order chi connectivity index (χ0) is 22.4. The summed E-state index contributed by atoms with van der Waals surface area (Å²) < 4.78 is 0. The summed E-state index contributed by atoms with van der Waals surface area (Å²) in [5.74, 6) is -0.0448. The Morgan fingerprint density at radius 1 is 1.03 bits per heavy atom. The lowest BCUT2D eigenvalue weighted by atomic mass is 10.0. The number of hydrogen-bond acceptors (Lipinski definition) is 4. The number of nitrogens with one attached hydrogen (secondary N) is 2. The molecule has 0 aromatic heterocycles. The number of amides is 3. The van der Waals surface area contributed by atoms with Gasteiger partial charge < -0.3 is 15.5 Å². The van der Waals surface area contributed by atoms with Crippen molar-refractivity contribution in [3.8, 4) is 0 Å². The summed E-state index contributed by atoms with van der Waals surface area (Å²) in [6.45, 7) is 6.61. The van der Waals surface area contributed by atoms with Crippen LogP contribution in [0.2, 0.25) is 0 Å². The third kappa shape index (κ3) is 6.34. The number of nitrogens with zero attached hydrogens (tertiary/aromatic N) is 1. The second-order valence-electron chi connectivity index (χ2n) is 7.85. The van der Waals surface area contributed by atoms with Gasteiger partial charge in [0, 0.05) is 42.2 Å². The van der Waals surface area contributed by atoms with E-state index in [0.29, 0.717) is 18.7 Å². The Bertz CT molecular complexity index is 937. The number of benzene rings is 2. The lowest BCUT2D eigenvalue weighted by Crippen LogP contribution is -2.48. The first-order chi connectivity index (χ1) is 14.8. The van der Waals surface area contributed by atoms with Crippen molar-refractivity contribution in [2.24, 2.45) is 0 Å². The first-order valence-electron chi connectivity index (χ1n) is 10.5. The van der Waals surface area contributed by atoms with Crippen molar-refractivity contribution >= 4 is 35.2 Å². The Hall–Kier alpha value is -2.80. The molecule has 31 heavy (non-hydrogen) atoms. The van der Waals surface area contributed by atoms with E-state index in [1.54, 1.807) is 0 Å². The van der Waals surface area contributed by atoms with E-state index in [4.69, 9.17) is 0 Å². The van der Waals surface area contributed by atoms with Crippen LogP contribution in [0.15, 0.2) is 53.4 Å². The molecule has 2 aromatic carbocycles. The van der Waals surface area contributed by atoms with Crippen molar-refractivity contribution in [3.63, 3.8) is 0 Å². The number of thioether (sulfide) groups is 1. The van der Waals surface area contributed by atoms with Crippen molar-refractivity contribution < 1.29 is 14.4 Å². The number of hydrogen-bond donors (Lipinski definition) is 2. The van der Waals surface area contributed by atoms with Crippen LogP contribution < -0.4 is 10.6 Å². The molecule has 3 amide bonds. The zero-order valence-electron chi connectivity index (χ0n) is 18.2. The molecule has 1 unspecified atom stereocenters. The fraction of sp³-hybridized carbons (Fsp3) is 0.375. The Morgan fingerprint density at radius 3 is 2.29 bits per heavy atom.